The number of amides is 1. The molecule has 3 rings (SSSR count). The SMILES string of the molecule is CCC(NC(=O)CN(c1cc(Cl)cc(Cl)c1)S(=O)(=O)c1ccc(C)cc1)c1ccc(OC)cc1. The van der Waals surface area contributed by atoms with E-state index in [4.69, 9.17) is 27.9 Å². The van der Waals surface area contributed by atoms with Crippen molar-refractivity contribution in [2.24, 2.45) is 0 Å². The van der Waals surface area contributed by atoms with E-state index in [1.807, 2.05) is 38.1 Å². The van der Waals surface area contributed by atoms with Crippen LogP contribution >= 0.6 is 23.2 Å². The molecule has 0 aliphatic carbocycles. The average Bonchev–Trinajstić information content (AvgIpc) is 2.80. The number of hydrogen-bond donors (Lipinski definition) is 1. The molecule has 0 spiro atoms. The van der Waals surface area contributed by atoms with Gasteiger partial charge in [0.2, 0.25) is 5.91 Å². The Morgan fingerprint density at radius 1 is 1.00 bits per heavy atom. The number of ether oxygens (including phenoxy) is 1. The average molecular weight is 521 g/mol. The first-order valence-electron chi connectivity index (χ1n) is 10.6. The van der Waals surface area contributed by atoms with Gasteiger partial charge < -0.3 is 10.1 Å². The molecule has 0 aliphatic heterocycles. The second-order valence-corrected chi connectivity index (χ2v) is 10.5. The first-order valence-corrected chi connectivity index (χ1v) is 12.8. The second-order valence-electron chi connectivity index (χ2n) is 7.75. The predicted molar refractivity (Wildman–Crippen MR) is 136 cm³/mol. The number of hydrogen-bond acceptors (Lipinski definition) is 4. The van der Waals surface area contributed by atoms with Crippen LogP contribution in [0, 0.1) is 6.92 Å². The molecule has 0 aromatic heterocycles. The van der Waals surface area contributed by atoms with Crippen LogP contribution in [-0.2, 0) is 14.8 Å². The Hall–Kier alpha value is -2.74. The fourth-order valence-electron chi connectivity index (χ4n) is 3.46. The lowest BCUT2D eigenvalue weighted by Crippen LogP contribution is -2.42. The van der Waals surface area contributed by atoms with E-state index >= 15 is 0 Å². The standard InChI is InChI=1S/C25H26Cl2N2O4S/c1-4-24(18-7-9-22(33-3)10-8-18)28-25(30)16-29(21-14-19(26)13-20(27)15-21)34(31,32)23-11-5-17(2)6-12-23/h5-15,24H,4,16H2,1-3H3,(H,28,30). The number of sulfonamides is 1. The van der Waals surface area contributed by atoms with Crippen molar-refractivity contribution in [2.75, 3.05) is 18.0 Å². The van der Waals surface area contributed by atoms with Crippen LogP contribution in [-0.4, -0.2) is 28.0 Å². The molecular formula is C25H26Cl2N2O4S. The first kappa shape index (κ1) is 25.9. The number of halogens is 2. The fraction of sp³-hybridized carbons (Fsp3) is 0.240. The van der Waals surface area contributed by atoms with Crippen molar-refractivity contribution in [2.45, 2.75) is 31.2 Å². The van der Waals surface area contributed by atoms with Crippen LogP contribution in [0.15, 0.2) is 71.6 Å². The topological polar surface area (TPSA) is 75.7 Å². The molecule has 0 saturated carbocycles. The van der Waals surface area contributed by atoms with Crippen molar-refractivity contribution >= 4 is 44.8 Å². The lowest BCUT2D eigenvalue weighted by molar-refractivity contribution is -0.120. The van der Waals surface area contributed by atoms with Gasteiger partial charge in [-0.2, -0.15) is 0 Å². The van der Waals surface area contributed by atoms with Crippen LogP contribution < -0.4 is 14.4 Å². The van der Waals surface area contributed by atoms with Gasteiger partial charge in [-0.1, -0.05) is 60.0 Å². The molecule has 0 radical (unpaired) electrons. The van der Waals surface area contributed by atoms with Gasteiger partial charge in [-0.15, -0.1) is 0 Å². The fourth-order valence-corrected chi connectivity index (χ4v) is 5.38. The lowest BCUT2D eigenvalue weighted by atomic mass is 10.0. The van der Waals surface area contributed by atoms with Crippen LogP contribution in [0.1, 0.15) is 30.5 Å². The summed E-state index contributed by atoms with van der Waals surface area (Å²) in [5.41, 5.74) is 2.00. The molecule has 0 fully saturated rings. The number of anilines is 1. The van der Waals surface area contributed by atoms with Crippen molar-refractivity contribution in [3.05, 3.63) is 87.9 Å². The predicted octanol–water partition coefficient (Wildman–Crippen LogP) is 5.77. The molecule has 1 N–H and O–H groups in total. The van der Waals surface area contributed by atoms with Crippen LogP contribution in [0.4, 0.5) is 5.69 Å². The molecule has 3 aromatic rings. The summed E-state index contributed by atoms with van der Waals surface area (Å²) < 4.78 is 33.3. The summed E-state index contributed by atoms with van der Waals surface area (Å²) in [4.78, 5) is 13.1. The van der Waals surface area contributed by atoms with E-state index in [9.17, 15) is 13.2 Å². The van der Waals surface area contributed by atoms with E-state index in [2.05, 4.69) is 5.32 Å². The number of benzene rings is 3. The molecule has 1 atom stereocenters. The molecule has 0 saturated heterocycles. The molecule has 3 aromatic carbocycles. The largest absolute Gasteiger partial charge is 0.497 e. The number of nitrogens with zero attached hydrogens (tertiary/aromatic N) is 1. The van der Waals surface area contributed by atoms with E-state index in [0.717, 1.165) is 15.4 Å². The molecule has 0 aliphatic rings. The molecule has 0 heterocycles. The summed E-state index contributed by atoms with van der Waals surface area (Å²) >= 11 is 12.3. The second kappa shape index (κ2) is 11.1. The van der Waals surface area contributed by atoms with E-state index in [1.54, 1.807) is 19.2 Å². The zero-order valence-corrected chi connectivity index (χ0v) is 21.4. The minimum Gasteiger partial charge on any atom is -0.497 e. The maximum atomic E-state index is 13.5. The highest BCUT2D eigenvalue weighted by Gasteiger charge is 2.28. The zero-order chi connectivity index (χ0) is 24.9. The third kappa shape index (κ3) is 6.23. The van der Waals surface area contributed by atoms with Gasteiger partial charge in [-0.05, 0) is 61.4 Å². The first-order chi connectivity index (χ1) is 16.1. The maximum Gasteiger partial charge on any atom is 0.264 e. The number of carbonyl (C=O) groups is 1. The summed E-state index contributed by atoms with van der Waals surface area (Å²) in [6.07, 6.45) is 0.617. The van der Waals surface area contributed by atoms with Gasteiger partial charge in [-0.25, -0.2) is 8.42 Å². The summed E-state index contributed by atoms with van der Waals surface area (Å²) in [5, 5.41) is 3.45. The van der Waals surface area contributed by atoms with E-state index in [1.165, 1.54) is 30.3 Å². The molecule has 1 amide bonds. The highest BCUT2D eigenvalue weighted by atomic mass is 35.5. The minimum atomic E-state index is -4.08. The monoisotopic (exact) mass is 520 g/mol. The van der Waals surface area contributed by atoms with Gasteiger partial charge in [0.1, 0.15) is 12.3 Å². The molecule has 34 heavy (non-hydrogen) atoms. The van der Waals surface area contributed by atoms with Crippen LogP contribution in [0.25, 0.3) is 0 Å². The van der Waals surface area contributed by atoms with Gasteiger partial charge in [0, 0.05) is 10.0 Å². The quantitative estimate of drug-likeness (QED) is 0.388. The van der Waals surface area contributed by atoms with Gasteiger partial charge in [0.25, 0.3) is 10.0 Å². The van der Waals surface area contributed by atoms with Gasteiger partial charge in [0.05, 0.1) is 23.7 Å². The molecule has 6 nitrogen and oxygen atoms in total. The summed E-state index contributed by atoms with van der Waals surface area (Å²) in [6, 6.07) is 17.9. The zero-order valence-electron chi connectivity index (χ0n) is 19.1. The Kier molecular flexibility index (Phi) is 8.47. The van der Waals surface area contributed by atoms with Gasteiger partial charge in [-0.3, -0.25) is 9.10 Å². The van der Waals surface area contributed by atoms with E-state index < -0.39 is 22.5 Å². The Morgan fingerprint density at radius 3 is 2.12 bits per heavy atom. The number of nitrogens with one attached hydrogen (secondary N) is 1. The summed E-state index contributed by atoms with van der Waals surface area (Å²) in [5.74, 6) is 0.243. The highest BCUT2D eigenvalue weighted by Crippen LogP contribution is 2.30. The van der Waals surface area contributed by atoms with Crippen LogP contribution in [0.3, 0.4) is 0 Å². The smallest absolute Gasteiger partial charge is 0.264 e. The lowest BCUT2D eigenvalue weighted by Gasteiger charge is -2.26. The summed E-state index contributed by atoms with van der Waals surface area (Å²) in [7, 11) is -2.49. The van der Waals surface area contributed by atoms with E-state index in [-0.39, 0.29) is 26.7 Å². The third-order valence-corrected chi connectivity index (χ3v) is 7.52. The third-order valence-electron chi connectivity index (χ3n) is 5.29. The minimum absolute atomic E-state index is 0.0594. The number of rotatable bonds is 9. The van der Waals surface area contributed by atoms with Crippen molar-refractivity contribution in [3.63, 3.8) is 0 Å². The van der Waals surface area contributed by atoms with Crippen molar-refractivity contribution < 1.29 is 17.9 Å². The number of aryl methyl sites for hydroxylation is 1. The Labute approximate surface area is 210 Å². The Morgan fingerprint density at radius 2 is 1.59 bits per heavy atom. The van der Waals surface area contributed by atoms with Crippen molar-refractivity contribution in [1.82, 2.24) is 5.32 Å². The maximum absolute atomic E-state index is 13.5. The molecule has 9 heteroatoms. The van der Waals surface area contributed by atoms with Crippen LogP contribution in [0.5, 0.6) is 5.75 Å². The Bertz CT molecular complexity index is 1230. The van der Waals surface area contributed by atoms with Gasteiger partial charge in [0.15, 0.2) is 0 Å². The molecule has 0 bridgehead atoms. The Balaban J connectivity index is 1.92. The van der Waals surface area contributed by atoms with Crippen molar-refractivity contribution in [1.29, 1.82) is 0 Å². The van der Waals surface area contributed by atoms with Crippen molar-refractivity contribution in [3.8, 4) is 5.75 Å². The highest BCUT2D eigenvalue weighted by molar-refractivity contribution is 7.92. The summed E-state index contributed by atoms with van der Waals surface area (Å²) in [6.45, 7) is 3.36. The van der Waals surface area contributed by atoms with Gasteiger partial charge >= 0.3 is 0 Å². The number of carbonyl (C=O) groups excluding carboxylic acids is 1. The molecule has 180 valence electrons. The molecular weight excluding hydrogens is 495 g/mol. The normalized spacial score (nSPS) is 12.1. The number of methoxy groups -OCH3 is 1. The molecule has 1 unspecified atom stereocenters. The van der Waals surface area contributed by atoms with E-state index in [0.29, 0.717) is 12.2 Å². The van der Waals surface area contributed by atoms with Crippen LogP contribution in [0.2, 0.25) is 10.0 Å².